The zero-order valence-electron chi connectivity index (χ0n) is 16.4. The summed E-state index contributed by atoms with van der Waals surface area (Å²) in [5.41, 5.74) is 2.25. The van der Waals surface area contributed by atoms with Gasteiger partial charge in [0.25, 0.3) is 0 Å². The Bertz CT molecular complexity index is 554. The molecule has 1 amide bonds. The third kappa shape index (κ3) is 5.03. The molecule has 1 aromatic carbocycles. The third-order valence-electron chi connectivity index (χ3n) is 5.18. The van der Waals surface area contributed by atoms with Crippen molar-refractivity contribution in [3.05, 3.63) is 35.4 Å². The maximum Gasteiger partial charge on any atom is 0.244 e. The van der Waals surface area contributed by atoms with E-state index in [0.717, 1.165) is 37.1 Å². The van der Waals surface area contributed by atoms with Crippen molar-refractivity contribution in [2.75, 3.05) is 54.5 Å². The highest BCUT2D eigenvalue weighted by Crippen LogP contribution is 2.27. The summed E-state index contributed by atoms with van der Waals surface area (Å²) in [6, 6.07) is 8.23. The van der Waals surface area contributed by atoms with E-state index in [1.807, 2.05) is 31.1 Å². The molecule has 0 unspecified atom stereocenters. The topological polar surface area (TPSA) is 36.0 Å². The maximum atomic E-state index is 13.5. The van der Waals surface area contributed by atoms with Gasteiger partial charge in [0.05, 0.1) is 6.61 Å². The Hall–Kier alpha value is -1.43. The van der Waals surface area contributed by atoms with Crippen molar-refractivity contribution in [1.29, 1.82) is 0 Å². The molecule has 0 aliphatic carbocycles. The van der Waals surface area contributed by atoms with E-state index in [0.29, 0.717) is 19.2 Å². The minimum Gasteiger partial charge on any atom is -0.383 e. The van der Waals surface area contributed by atoms with E-state index in [1.165, 1.54) is 0 Å². The van der Waals surface area contributed by atoms with E-state index < -0.39 is 0 Å². The van der Waals surface area contributed by atoms with E-state index in [-0.39, 0.29) is 11.9 Å². The predicted octanol–water partition coefficient (Wildman–Crippen LogP) is 2.17. The number of likely N-dealkylation sites (N-methyl/N-ethyl adjacent to an activating group) is 1. The monoisotopic (exact) mass is 347 g/mol. The molecule has 1 heterocycles. The van der Waals surface area contributed by atoms with Crippen LogP contribution in [-0.4, -0.2) is 81.1 Å². The van der Waals surface area contributed by atoms with Gasteiger partial charge in [-0.25, -0.2) is 0 Å². The van der Waals surface area contributed by atoms with Crippen LogP contribution in [0.5, 0.6) is 0 Å². The number of aryl methyl sites for hydroxylation is 1. The van der Waals surface area contributed by atoms with E-state index in [4.69, 9.17) is 4.74 Å². The van der Waals surface area contributed by atoms with E-state index in [2.05, 4.69) is 35.9 Å². The maximum absolute atomic E-state index is 13.5. The Balaban J connectivity index is 2.26. The molecule has 0 radical (unpaired) electrons. The van der Waals surface area contributed by atoms with Gasteiger partial charge in [-0.3, -0.25) is 9.69 Å². The summed E-state index contributed by atoms with van der Waals surface area (Å²) in [5.74, 6) is 0.186. The summed E-state index contributed by atoms with van der Waals surface area (Å²) < 4.78 is 5.29. The fraction of sp³-hybridized carbons (Fsp3) is 0.650. The number of hydrogen-bond acceptors (Lipinski definition) is 4. The Labute approximate surface area is 152 Å². The van der Waals surface area contributed by atoms with Crippen LogP contribution in [0.15, 0.2) is 24.3 Å². The van der Waals surface area contributed by atoms with Crippen molar-refractivity contribution in [3.63, 3.8) is 0 Å². The van der Waals surface area contributed by atoms with E-state index in [9.17, 15) is 4.79 Å². The molecular formula is C20H33N3O2. The van der Waals surface area contributed by atoms with Gasteiger partial charge in [0.1, 0.15) is 6.04 Å². The third-order valence-corrected chi connectivity index (χ3v) is 5.18. The van der Waals surface area contributed by atoms with E-state index in [1.54, 1.807) is 7.11 Å². The number of rotatable bonds is 7. The summed E-state index contributed by atoms with van der Waals surface area (Å²) in [4.78, 5) is 20.0. The van der Waals surface area contributed by atoms with Crippen LogP contribution >= 0.6 is 0 Å². The van der Waals surface area contributed by atoms with Crippen LogP contribution in [-0.2, 0) is 9.53 Å². The van der Waals surface area contributed by atoms with Crippen molar-refractivity contribution >= 4 is 5.91 Å². The van der Waals surface area contributed by atoms with Crippen molar-refractivity contribution in [3.8, 4) is 0 Å². The summed E-state index contributed by atoms with van der Waals surface area (Å²) in [6.07, 6.45) is 2.06. The molecule has 1 aliphatic heterocycles. The number of ether oxygens (including phenoxy) is 1. The lowest BCUT2D eigenvalue weighted by Gasteiger charge is -2.40. The minimum absolute atomic E-state index is 0.186. The van der Waals surface area contributed by atoms with Gasteiger partial charge in [0, 0.05) is 19.7 Å². The van der Waals surface area contributed by atoms with Gasteiger partial charge in [-0.1, -0.05) is 24.3 Å². The highest BCUT2D eigenvalue weighted by molar-refractivity contribution is 5.84. The first-order chi connectivity index (χ1) is 12.0. The summed E-state index contributed by atoms with van der Waals surface area (Å²) in [7, 11) is 7.81. The Kier molecular flexibility index (Phi) is 7.41. The molecule has 1 aliphatic rings. The number of benzene rings is 1. The Morgan fingerprint density at radius 2 is 1.92 bits per heavy atom. The van der Waals surface area contributed by atoms with Crippen molar-refractivity contribution in [2.45, 2.75) is 31.8 Å². The Morgan fingerprint density at radius 3 is 2.48 bits per heavy atom. The molecule has 2 rings (SSSR count). The molecule has 0 aromatic heterocycles. The number of amides is 1. The van der Waals surface area contributed by atoms with Gasteiger partial charge >= 0.3 is 0 Å². The zero-order valence-corrected chi connectivity index (χ0v) is 16.4. The fourth-order valence-corrected chi connectivity index (χ4v) is 3.65. The average molecular weight is 348 g/mol. The predicted molar refractivity (Wildman–Crippen MR) is 102 cm³/mol. The summed E-state index contributed by atoms with van der Waals surface area (Å²) in [6.45, 7) is 5.39. The molecule has 5 heteroatoms. The lowest BCUT2D eigenvalue weighted by molar-refractivity contribution is -0.140. The van der Waals surface area contributed by atoms with Gasteiger partial charge in [0.15, 0.2) is 0 Å². The van der Waals surface area contributed by atoms with Crippen LogP contribution in [0.2, 0.25) is 0 Å². The lowest BCUT2D eigenvalue weighted by Crippen LogP contribution is -2.51. The molecule has 0 bridgehead atoms. The standard InChI is InChI=1S/C20H33N3O2/c1-16-8-6-7-9-18(16)19(21(2)3)20(24)23(14-15-25-5)17-10-12-22(4)13-11-17/h6-9,17,19H,10-15H2,1-5H3/t19-/m1/s1. The van der Waals surface area contributed by atoms with Crippen molar-refractivity contribution in [1.82, 2.24) is 14.7 Å². The van der Waals surface area contributed by atoms with Crippen LogP contribution in [0.25, 0.3) is 0 Å². The molecule has 140 valence electrons. The minimum atomic E-state index is -0.252. The molecular weight excluding hydrogens is 314 g/mol. The largest absolute Gasteiger partial charge is 0.383 e. The number of likely N-dealkylation sites (tertiary alicyclic amines) is 1. The number of carbonyl (C=O) groups excluding carboxylic acids is 1. The second kappa shape index (κ2) is 9.32. The number of carbonyl (C=O) groups is 1. The molecule has 0 N–H and O–H groups in total. The first-order valence-corrected chi connectivity index (χ1v) is 9.15. The summed E-state index contributed by atoms with van der Waals surface area (Å²) in [5, 5.41) is 0. The highest BCUT2D eigenvalue weighted by atomic mass is 16.5. The fourth-order valence-electron chi connectivity index (χ4n) is 3.65. The van der Waals surface area contributed by atoms with Crippen LogP contribution in [0.4, 0.5) is 0 Å². The molecule has 5 nitrogen and oxygen atoms in total. The molecule has 1 aromatic rings. The van der Waals surface area contributed by atoms with Crippen LogP contribution in [0.3, 0.4) is 0 Å². The van der Waals surface area contributed by atoms with Crippen molar-refractivity contribution < 1.29 is 9.53 Å². The normalized spacial score (nSPS) is 17.7. The van der Waals surface area contributed by atoms with Gasteiger partial charge in [0.2, 0.25) is 5.91 Å². The zero-order chi connectivity index (χ0) is 18.4. The van der Waals surface area contributed by atoms with Gasteiger partial charge in [-0.15, -0.1) is 0 Å². The Morgan fingerprint density at radius 1 is 1.28 bits per heavy atom. The van der Waals surface area contributed by atoms with Crippen LogP contribution in [0.1, 0.15) is 30.0 Å². The quantitative estimate of drug-likeness (QED) is 0.757. The molecule has 0 spiro atoms. The van der Waals surface area contributed by atoms with Gasteiger partial charge in [-0.05, 0) is 65.1 Å². The second-order valence-electron chi connectivity index (χ2n) is 7.28. The average Bonchev–Trinajstić information content (AvgIpc) is 2.58. The van der Waals surface area contributed by atoms with Crippen LogP contribution in [0, 0.1) is 6.92 Å². The molecule has 1 atom stereocenters. The van der Waals surface area contributed by atoms with Gasteiger partial charge < -0.3 is 14.5 Å². The second-order valence-corrected chi connectivity index (χ2v) is 7.28. The number of hydrogen-bond donors (Lipinski definition) is 0. The molecule has 0 saturated carbocycles. The number of nitrogens with zero attached hydrogens (tertiary/aromatic N) is 3. The first kappa shape index (κ1) is 19.9. The SMILES string of the molecule is COCCN(C(=O)[C@@H](c1ccccc1C)N(C)C)C1CCN(C)CC1. The first-order valence-electron chi connectivity index (χ1n) is 9.15. The number of piperidine rings is 1. The van der Waals surface area contributed by atoms with Crippen LogP contribution < -0.4 is 0 Å². The van der Waals surface area contributed by atoms with Crippen molar-refractivity contribution in [2.24, 2.45) is 0 Å². The van der Waals surface area contributed by atoms with Gasteiger partial charge in [-0.2, -0.15) is 0 Å². The highest BCUT2D eigenvalue weighted by Gasteiger charge is 2.33. The lowest BCUT2D eigenvalue weighted by atomic mass is 9.97. The smallest absolute Gasteiger partial charge is 0.244 e. The number of methoxy groups -OCH3 is 1. The molecule has 1 saturated heterocycles. The molecule has 1 fully saturated rings. The molecule has 25 heavy (non-hydrogen) atoms. The summed E-state index contributed by atoms with van der Waals surface area (Å²) >= 11 is 0. The van der Waals surface area contributed by atoms with E-state index >= 15 is 0 Å².